The largest absolute Gasteiger partial charge is 0.497 e. The molecule has 0 atom stereocenters. The molecule has 1 heterocycles. The molecule has 3 rings (SSSR count). The van der Waals surface area contributed by atoms with E-state index in [1.807, 2.05) is 47.4 Å². The summed E-state index contributed by atoms with van der Waals surface area (Å²) < 4.78 is 5.22. The quantitative estimate of drug-likeness (QED) is 0.587. The van der Waals surface area contributed by atoms with Crippen LogP contribution in [0.25, 0.3) is 0 Å². The third-order valence-electron chi connectivity index (χ3n) is 5.88. The maximum atomic E-state index is 12.8. The Morgan fingerprint density at radius 3 is 2.45 bits per heavy atom. The molecule has 33 heavy (non-hydrogen) atoms. The van der Waals surface area contributed by atoms with E-state index in [0.717, 1.165) is 37.5 Å². The number of carbonyl (C=O) groups excluding carboxylic acids is 2. The van der Waals surface area contributed by atoms with Crippen LogP contribution in [0.4, 0.5) is 5.69 Å². The van der Waals surface area contributed by atoms with Gasteiger partial charge in [0.05, 0.1) is 19.6 Å². The number of nitrogens with zero attached hydrogens (tertiary/aromatic N) is 4. The van der Waals surface area contributed by atoms with Crippen molar-refractivity contribution in [1.82, 2.24) is 9.80 Å². The molecule has 1 aliphatic rings. The molecule has 2 amide bonds. The van der Waals surface area contributed by atoms with Crippen molar-refractivity contribution >= 4 is 17.5 Å². The minimum absolute atomic E-state index is 0.0166. The predicted octanol–water partition coefficient (Wildman–Crippen LogP) is 3.46. The van der Waals surface area contributed by atoms with E-state index in [4.69, 9.17) is 10.00 Å². The highest BCUT2D eigenvalue weighted by atomic mass is 16.5. The third-order valence-corrected chi connectivity index (χ3v) is 5.88. The van der Waals surface area contributed by atoms with Crippen molar-refractivity contribution in [2.75, 3.05) is 44.7 Å². The molecule has 0 spiro atoms. The molecule has 0 saturated carbocycles. The van der Waals surface area contributed by atoms with Crippen LogP contribution in [0.3, 0.4) is 0 Å². The first-order valence-corrected chi connectivity index (χ1v) is 11.5. The maximum Gasteiger partial charge on any atom is 0.227 e. The molecule has 7 nitrogen and oxygen atoms in total. The van der Waals surface area contributed by atoms with E-state index >= 15 is 0 Å². The van der Waals surface area contributed by atoms with Gasteiger partial charge in [-0.05, 0) is 36.2 Å². The molecule has 174 valence electrons. The minimum atomic E-state index is -0.124. The van der Waals surface area contributed by atoms with Gasteiger partial charge in [0.2, 0.25) is 11.8 Å². The highest BCUT2D eigenvalue weighted by molar-refractivity contribution is 5.95. The predicted molar refractivity (Wildman–Crippen MR) is 128 cm³/mol. The number of amides is 2. The van der Waals surface area contributed by atoms with Crippen LogP contribution in [0.5, 0.6) is 5.75 Å². The fourth-order valence-corrected chi connectivity index (χ4v) is 4.04. The Balaban J connectivity index is 1.49. The van der Waals surface area contributed by atoms with Crippen molar-refractivity contribution < 1.29 is 14.3 Å². The zero-order valence-corrected chi connectivity index (χ0v) is 19.3. The van der Waals surface area contributed by atoms with Crippen LogP contribution >= 0.6 is 0 Å². The molecule has 0 radical (unpaired) electrons. The third kappa shape index (κ3) is 7.33. The lowest BCUT2D eigenvalue weighted by Crippen LogP contribution is -2.37. The van der Waals surface area contributed by atoms with Crippen molar-refractivity contribution in [3.05, 3.63) is 60.2 Å². The van der Waals surface area contributed by atoms with Gasteiger partial charge < -0.3 is 14.5 Å². The molecule has 0 unspecified atom stereocenters. The molecular weight excluding hydrogens is 416 g/mol. The number of nitriles is 1. The second kappa shape index (κ2) is 12.6. The lowest BCUT2D eigenvalue weighted by Gasteiger charge is -2.24. The molecule has 2 aromatic carbocycles. The van der Waals surface area contributed by atoms with E-state index in [1.54, 1.807) is 12.0 Å². The van der Waals surface area contributed by atoms with Gasteiger partial charge in [-0.1, -0.05) is 30.3 Å². The second-order valence-electron chi connectivity index (χ2n) is 8.15. The van der Waals surface area contributed by atoms with Crippen LogP contribution in [0.2, 0.25) is 0 Å². The van der Waals surface area contributed by atoms with E-state index < -0.39 is 0 Å². The summed E-state index contributed by atoms with van der Waals surface area (Å²) in [6.45, 7) is 4.30. The normalized spacial score (nSPS) is 14.2. The van der Waals surface area contributed by atoms with Crippen LogP contribution in [-0.4, -0.2) is 61.4 Å². The van der Waals surface area contributed by atoms with Crippen LogP contribution in [0.1, 0.15) is 31.2 Å². The van der Waals surface area contributed by atoms with Gasteiger partial charge >= 0.3 is 0 Å². The van der Waals surface area contributed by atoms with Gasteiger partial charge in [0.25, 0.3) is 0 Å². The zero-order chi connectivity index (χ0) is 23.5. The number of ether oxygens (including phenoxy) is 1. The first-order chi connectivity index (χ1) is 16.1. The Labute approximate surface area is 196 Å². The van der Waals surface area contributed by atoms with E-state index in [0.29, 0.717) is 19.6 Å². The number of hydrogen-bond donors (Lipinski definition) is 0. The Kier molecular flexibility index (Phi) is 9.28. The Morgan fingerprint density at radius 2 is 1.76 bits per heavy atom. The topological polar surface area (TPSA) is 76.9 Å². The highest BCUT2D eigenvalue weighted by Gasteiger charge is 2.22. The highest BCUT2D eigenvalue weighted by Crippen LogP contribution is 2.17. The fourth-order valence-electron chi connectivity index (χ4n) is 4.04. The van der Waals surface area contributed by atoms with Crippen molar-refractivity contribution in [2.24, 2.45) is 0 Å². The van der Waals surface area contributed by atoms with Crippen molar-refractivity contribution in [3.63, 3.8) is 0 Å². The first kappa shape index (κ1) is 24.3. The molecule has 1 saturated heterocycles. The van der Waals surface area contributed by atoms with Gasteiger partial charge in [0.1, 0.15) is 5.75 Å². The Morgan fingerprint density at radius 1 is 1.00 bits per heavy atom. The van der Waals surface area contributed by atoms with Gasteiger partial charge in [-0.2, -0.15) is 5.26 Å². The second-order valence-corrected chi connectivity index (χ2v) is 8.15. The van der Waals surface area contributed by atoms with E-state index in [1.165, 1.54) is 5.56 Å². The number of anilines is 1. The molecule has 1 fully saturated rings. The number of benzene rings is 2. The van der Waals surface area contributed by atoms with E-state index in [9.17, 15) is 9.59 Å². The van der Waals surface area contributed by atoms with Crippen molar-refractivity contribution in [1.29, 1.82) is 5.26 Å². The smallest absolute Gasteiger partial charge is 0.227 e. The Bertz CT molecular complexity index is 940. The van der Waals surface area contributed by atoms with Crippen LogP contribution in [0.15, 0.2) is 54.6 Å². The van der Waals surface area contributed by atoms with Gasteiger partial charge in [-0.3, -0.25) is 14.5 Å². The number of carbonyl (C=O) groups is 2. The number of rotatable bonds is 9. The standard InChI is InChI=1S/C26H32N4O3/c1-33-24-11-9-22(10-12-24)21-28-16-6-17-29(20-19-28)25(31)13-14-26(32)30(18-5-15-27)23-7-3-2-4-8-23/h2-4,7-12H,5-6,13-14,16-21H2,1H3. The van der Waals surface area contributed by atoms with E-state index in [-0.39, 0.29) is 31.1 Å². The summed E-state index contributed by atoms with van der Waals surface area (Å²) in [4.78, 5) is 31.5. The van der Waals surface area contributed by atoms with Gasteiger partial charge in [0, 0.05) is 57.8 Å². The molecular formula is C26H32N4O3. The summed E-state index contributed by atoms with van der Waals surface area (Å²) in [6, 6.07) is 19.5. The summed E-state index contributed by atoms with van der Waals surface area (Å²) >= 11 is 0. The molecule has 2 aromatic rings. The molecule has 7 heteroatoms. The Hall–Kier alpha value is -3.37. The lowest BCUT2D eigenvalue weighted by atomic mass is 10.2. The summed E-state index contributed by atoms with van der Waals surface area (Å²) in [5.74, 6) is 0.739. The number of hydrogen-bond acceptors (Lipinski definition) is 5. The summed E-state index contributed by atoms with van der Waals surface area (Å²) in [6.07, 6.45) is 1.50. The zero-order valence-electron chi connectivity index (χ0n) is 19.3. The van der Waals surface area contributed by atoms with Crippen LogP contribution < -0.4 is 9.64 Å². The van der Waals surface area contributed by atoms with Gasteiger partial charge in [-0.15, -0.1) is 0 Å². The SMILES string of the molecule is COc1ccc(CN2CCCN(C(=O)CCC(=O)N(CCC#N)c3ccccc3)CC2)cc1. The van der Waals surface area contributed by atoms with Crippen LogP contribution in [-0.2, 0) is 16.1 Å². The van der Waals surface area contributed by atoms with Crippen LogP contribution in [0, 0.1) is 11.3 Å². The fraction of sp³-hybridized carbons (Fsp3) is 0.423. The van der Waals surface area contributed by atoms with Crippen molar-refractivity contribution in [2.45, 2.75) is 32.2 Å². The number of methoxy groups -OCH3 is 1. The van der Waals surface area contributed by atoms with E-state index in [2.05, 4.69) is 23.1 Å². The molecule has 0 bridgehead atoms. The van der Waals surface area contributed by atoms with Crippen molar-refractivity contribution in [3.8, 4) is 11.8 Å². The van der Waals surface area contributed by atoms with Gasteiger partial charge in [0.15, 0.2) is 0 Å². The average molecular weight is 449 g/mol. The monoisotopic (exact) mass is 448 g/mol. The average Bonchev–Trinajstić information content (AvgIpc) is 3.09. The molecule has 0 aromatic heterocycles. The summed E-state index contributed by atoms with van der Waals surface area (Å²) in [5.41, 5.74) is 1.98. The van der Waals surface area contributed by atoms with Gasteiger partial charge in [-0.25, -0.2) is 0 Å². The maximum absolute atomic E-state index is 12.8. The molecule has 1 aliphatic heterocycles. The number of para-hydroxylation sites is 1. The summed E-state index contributed by atoms with van der Waals surface area (Å²) in [7, 11) is 1.66. The molecule has 0 N–H and O–H groups in total. The lowest BCUT2D eigenvalue weighted by molar-refractivity contribution is -0.133. The summed E-state index contributed by atoms with van der Waals surface area (Å²) in [5, 5.41) is 8.94. The molecule has 0 aliphatic carbocycles. The minimum Gasteiger partial charge on any atom is -0.497 e. The first-order valence-electron chi connectivity index (χ1n) is 11.5.